The Balaban J connectivity index is 1.60. The van der Waals surface area contributed by atoms with E-state index in [0.717, 1.165) is 31.2 Å². The van der Waals surface area contributed by atoms with E-state index in [9.17, 15) is 14.7 Å². The number of ketones is 1. The average molecular weight is 434 g/mol. The quantitative estimate of drug-likeness (QED) is 0.772. The number of hydrogen-bond donors (Lipinski definition) is 1. The summed E-state index contributed by atoms with van der Waals surface area (Å²) in [6.45, 7) is 2.54. The minimum Gasteiger partial charge on any atom is -0.504 e. The summed E-state index contributed by atoms with van der Waals surface area (Å²) >= 11 is 0. The van der Waals surface area contributed by atoms with Crippen molar-refractivity contribution in [1.29, 1.82) is 0 Å². The van der Waals surface area contributed by atoms with Gasteiger partial charge in [-0.2, -0.15) is 0 Å². The van der Waals surface area contributed by atoms with Gasteiger partial charge in [-0.15, -0.1) is 0 Å². The minimum atomic E-state index is -0.596. The zero-order valence-electron chi connectivity index (χ0n) is 18.0. The summed E-state index contributed by atoms with van der Waals surface area (Å²) in [5.41, 5.74) is 2.05. The van der Waals surface area contributed by atoms with Crippen LogP contribution in [0.5, 0.6) is 11.5 Å². The Labute approximate surface area is 186 Å². The molecule has 3 atom stereocenters. The van der Waals surface area contributed by atoms with Gasteiger partial charge in [-0.05, 0) is 61.6 Å². The monoisotopic (exact) mass is 434 g/mol. The molecule has 7 heteroatoms. The smallest absolute Gasteiger partial charge is 0.290 e. The second-order valence-corrected chi connectivity index (χ2v) is 8.51. The first kappa shape index (κ1) is 20.5. The molecular weight excluding hydrogens is 408 g/mol. The minimum absolute atomic E-state index is 0.0116. The molecule has 5 rings (SSSR count). The number of phenolic OH excluding ortho intramolecular Hbond substituents is 1. The Morgan fingerprint density at radius 3 is 2.72 bits per heavy atom. The van der Waals surface area contributed by atoms with Crippen LogP contribution in [-0.2, 0) is 20.9 Å². The van der Waals surface area contributed by atoms with E-state index in [0.29, 0.717) is 30.0 Å². The second kappa shape index (κ2) is 8.30. The van der Waals surface area contributed by atoms with Crippen molar-refractivity contribution >= 4 is 11.7 Å². The fourth-order valence-electron chi connectivity index (χ4n) is 5.06. The molecule has 3 aliphatic rings. The van der Waals surface area contributed by atoms with Crippen LogP contribution in [0.3, 0.4) is 0 Å². The van der Waals surface area contributed by atoms with Crippen LogP contribution in [0.4, 0.5) is 0 Å². The van der Waals surface area contributed by atoms with Gasteiger partial charge >= 0.3 is 0 Å². The highest BCUT2D eigenvalue weighted by Gasteiger charge is 2.51. The number of aromatic hydroxyl groups is 1. The first-order valence-electron chi connectivity index (χ1n) is 11.2. The molecule has 0 saturated heterocycles. The fourth-order valence-corrected chi connectivity index (χ4v) is 5.06. The topological polar surface area (TPSA) is 89.0 Å². The summed E-state index contributed by atoms with van der Waals surface area (Å²) < 4.78 is 11.8. The van der Waals surface area contributed by atoms with Crippen molar-refractivity contribution in [3.05, 3.63) is 65.2 Å². The lowest BCUT2D eigenvalue weighted by Crippen LogP contribution is -2.39. The molecule has 0 radical (unpaired) electrons. The van der Waals surface area contributed by atoms with Gasteiger partial charge < -0.3 is 19.5 Å². The summed E-state index contributed by atoms with van der Waals surface area (Å²) in [6.07, 6.45) is 6.72. The Morgan fingerprint density at radius 2 is 1.94 bits per heavy atom. The van der Waals surface area contributed by atoms with Crippen LogP contribution in [-0.4, -0.2) is 39.4 Å². The van der Waals surface area contributed by atoms with Crippen LogP contribution in [0, 0.1) is 5.92 Å². The van der Waals surface area contributed by atoms with Gasteiger partial charge in [-0.3, -0.25) is 14.6 Å². The van der Waals surface area contributed by atoms with Crippen molar-refractivity contribution < 1.29 is 24.2 Å². The maximum absolute atomic E-state index is 13.6. The molecule has 0 bridgehead atoms. The van der Waals surface area contributed by atoms with Crippen molar-refractivity contribution in [2.45, 2.75) is 51.3 Å². The van der Waals surface area contributed by atoms with Crippen LogP contribution in [0.15, 0.2) is 54.1 Å². The molecule has 3 unspecified atom stereocenters. The van der Waals surface area contributed by atoms with E-state index in [1.54, 1.807) is 35.5 Å². The molecule has 1 fully saturated rings. The summed E-state index contributed by atoms with van der Waals surface area (Å²) in [5.74, 6) is 0.0663. The standard InChI is InChI=1S/C25H26N2O5/c1-2-31-20-13-16(7-8-18(20)28)22-21-23(29)17-5-3-4-6-19(17)32-24(21)25(30)27(22)14-15-9-11-26-12-10-15/h7-13,17,19,22,28H,2-6,14H2,1H3. The predicted octanol–water partition coefficient (Wildman–Crippen LogP) is 3.68. The molecule has 1 saturated carbocycles. The molecule has 1 aromatic carbocycles. The molecule has 1 amide bonds. The van der Waals surface area contributed by atoms with Gasteiger partial charge in [0.2, 0.25) is 0 Å². The maximum atomic E-state index is 13.6. The van der Waals surface area contributed by atoms with Crippen molar-refractivity contribution in [3.8, 4) is 11.5 Å². The third kappa shape index (κ3) is 3.42. The van der Waals surface area contributed by atoms with Crippen molar-refractivity contribution in [1.82, 2.24) is 9.88 Å². The van der Waals surface area contributed by atoms with Crippen molar-refractivity contribution in [2.24, 2.45) is 5.92 Å². The van der Waals surface area contributed by atoms with E-state index in [2.05, 4.69) is 4.98 Å². The number of carbonyl (C=O) groups is 2. The highest BCUT2D eigenvalue weighted by atomic mass is 16.5. The molecular formula is C25H26N2O5. The second-order valence-electron chi connectivity index (χ2n) is 8.51. The average Bonchev–Trinajstić information content (AvgIpc) is 3.08. The number of phenols is 1. The lowest BCUT2D eigenvalue weighted by Gasteiger charge is -2.35. The number of nitrogens with zero attached hydrogens (tertiary/aromatic N) is 2. The Bertz CT molecular complexity index is 1080. The zero-order valence-corrected chi connectivity index (χ0v) is 18.0. The first-order chi connectivity index (χ1) is 15.6. The van der Waals surface area contributed by atoms with Gasteiger partial charge in [0.05, 0.1) is 24.1 Å². The van der Waals surface area contributed by atoms with E-state index in [1.807, 2.05) is 19.1 Å². The highest BCUT2D eigenvalue weighted by Crippen LogP contribution is 2.48. The molecule has 1 aliphatic carbocycles. The fraction of sp³-hybridized carbons (Fsp3) is 0.400. The van der Waals surface area contributed by atoms with E-state index in [-0.39, 0.29) is 35.2 Å². The predicted molar refractivity (Wildman–Crippen MR) is 116 cm³/mol. The number of amides is 1. The van der Waals surface area contributed by atoms with Crippen molar-refractivity contribution in [3.63, 3.8) is 0 Å². The number of hydrogen-bond acceptors (Lipinski definition) is 6. The van der Waals surface area contributed by atoms with Gasteiger partial charge in [-0.25, -0.2) is 0 Å². The lowest BCUT2D eigenvalue weighted by atomic mass is 9.77. The Kier molecular flexibility index (Phi) is 5.33. The molecule has 3 heterocycles. The van der Waals surface area contributed by atoms with E-state index < -0.39 is 6.04 Å². The van der Waals surface area contributed by atoms with Gasteiger partial charge in [-0.1, -0.05) is 12.5 Å². The number of benzene rings is 1. The third-order valence-electron chi connectivity index (χ3n) is 6.56. The number of pyridine rings is 1. The van der Waals surface area contributed by atoms with E-state index in [4.69, 9.17) is 9.47 Å². The number of ether oxygens (including phenoxy) is 2. The number of fused-ring (bicyclic) bond motifs is 1. The maximum Gasteiger partial charge on any atom is 0.290 e. The van der Waals surface area contributed by atoms with E-state index >= 15 is 0 Å². The number of aromatic nitrogens is 1. The van der Waals surface area contributed by atoms with Gasteiger partial charge in [0, 0.05) is 18.9 Å². The summed E-state index contributed by atoms with van der Waals surface area (Å²) in [6, 6.07) is 8.11. The number of Topliss-reactive ketones (excluding diaryl/α,β-unsaturated/α-hetero) is 1. The van der Waals surface area contributed by atoms with E-state index in [1.165, 1.54) is 0 Å². The van der Waals surface area contributed by atoms with Gasteiger partial charge in [0.25, 0.3) is 5.91 Å². The highest BCUT2D eigenvalue weighted by molar-refractivity contribution is 6.11. The molecule has 32 heavy (non-hydrogen) atoms. The summed E-state index contributed by atoms with van der Waals surface area (Å²) in [4.78, 5) is 32.9. The molecule has 2 aliphatic heterocycles. The number of rotatable bonds is 5. The first-order valence-corrected chi connectivity index (χ1v) is 11.2. The lowest BCUT2D eigenvalue weighted by molar-refractivity contribution is -0.135. The SMILES string of the molecule is CCOc1cc(C2C3=C(OC4CCCCC4C3=O)C(=O)N2Cc2ccncc2)ccc1O. The normalized spacial score (nSPS) is 24.8. The molecule has 166 valence electrons. The Morgan fingerprint density at radius 1 is 1.16 bits per heavy atom. The van der Waals surface area contributed by atoms with Gasteiger partial charge in [0.1, 0.15) is 6.10 Å². The van der Waals surface area contributed by atoms with Crippen LogP contribution in [0.25, 0.3) is 0 Å². The Hall–Kier alpha value is -3.35. The molecule has 0 spiro atoms. The van der Waals surface area contributed by atoms with Gasteiger partial charge in [0.15, 0.2) is 23.0 Å². The third-order valence-corrected chi connectivity index (χ3v) is 6.56. The van der Waals surface area contributed by atoms with Crippen LogP contribution >= 0.6 is 0 Å². The van der Waals surface area contributed by atoms with Crippen molar-refractivity contribution in [2.75, 3.05) is 6.61 Å². The van der Waals surface area contributed by atoms with Crippen LogP contribution in [0.1, 0.15) is 49.8 Å². The van der Waals surface area contributed by atoms with Crippen LogP contribution < -0.4 is 4.74 Å². The molecule has 1 aromatic heterocycles. The summed E-state index contributed by atoms with van der Waals surface area (Å²) in [7, 11) is 0. The largest absolute Gasteiger partial charge is 0.504 e. The zero-order chi connectivity index (χ0) is 22.2. The summed E-state index contributed by atoms with van der Waals surface area (Å²) in [5, 5.41) is 10.2. The molecule has 1 N–H and O–H groups in total. The number of carbonyl (C=O) groups excluding carboxylic acids is 2. The molecule has 7 nitrogen and oxygen atoms in total. The van der Waals surface area contributed by atoms with Crippen LogP contribution in [0.2, 0.25) is 0 Å². The molecule has 2 aromatic rings.